The third-order valence-corrected chi connectivity index (χ3v) is 6.40. The average Bonchev–Trinajstić information content (AvgIpc) is 3.30. The lowest BCUT2D eigenvalue weighted by atomic mass is 9.98. The fraction of sp³-hybridized carbons (Fsp3) is 0.636. The Bertz CT molecular complexity index is 843. The van der Waals surface area contributed by atoms with Gasteiger partial charge < -0.3 is 20.9 Å². The lowest BCUT2D eigenvalue weighted by Crippen LogP contribution is -2.50. The molecular weight excluding hydrogens is 382 g/mol. The van der Waals surface area contributed by atoms with E-state index >= 15 is 0 Å². The Morgan fingerprint density at radius 3 is 2.63 bits per heavy atom. The van der Waals surface area contributed by atoms with Crippen LogP contribution in [0.25, 0.3) is 0 Å². The van der Waals surface area contributed by atoms with Crippen LogP contribution in [0.4, 0.5) is 0 Å². The minimum absolute atomic E-state index is 0.0666. The van der Waals surface area contributed by atoms with Crippen molar-refractivity contribution in [2.24, 2.45) is 11.8 Å². The number of amides is 3. The van der Waals surface area contributed by atoms with Gasteiger partial charge in [0.05, 0.1) is 6.07 Å². The SMILES string of the molecule is N#CC(CC1CCNC1=O)NC(=O)C(CC1CC1)NC(=O)c1cc2c([nH]1)CCCC2. The van der Waals surface area contributed by atoms with Crippen molar-refractivity contribution in [2.45, 2.75) is 69.9 Å². The largest absolute Gasteiger partial charge is 0.356 e. The molecule has 3 unspecified atom stereocenters. The number of aryl methyl sites for hydroxylation is 2. The number of hydrogen-bond acceptors (Lipinski definition) is 4. The second-order valence-corrected chi connectivity index (χ2v) is 8.80. The van der Waals surface area contributed by atoms with Gasteiger partial charge in [0, 0.05) is 18.2 Å². The van der Waals surface area contributed by atoms with Crippen LogP contribution in [0.1, 0.15) is 66.7 Å². The molecule has 1 aliphatic heterocycles. The normalized spacial score (nSPS) is 22.4. The number of nitriles is 1. The zero-order chi connectivity index (χ0) is 21.1. The number of fused-ring (bicyclic) bond motifs is 1. The van der Waals surface area contributed by atoms with E-state index in [0.717, 1.165) is 44.2 Å². The number of nitrogens with one attached hydrogen (secondary N) is 4. The first kappa shape index (κ1) is 20.5. The molecule has 0 bridgehead atoms. The van der Waals surface area contributed by atoms with Gasteiger partial charge in [0.2, 0.25) is 11.8 Å². The molecule has 3 atom stereocenters. The predicted molar refractivity (Wildman–Crippen MR) is 109 cm³/mol. The van der Waals surface area contributed by atoms with Crippen molar-refractivity contribution in [3.63, 3.8) is 0 Å². The molecule has 0 spiro atoms. The Hall–Kier alpha value is -2.82. The first-order valence-corrected chi connectivity index (χ1v) is 11.0. The molecule has 2 aliphatic carbocycles. The van der Waals surface area contributed by atoms with Crippen molar-refractivity contribution in [3.05, 3.63) is 23.0 Å². The number of nitrogens with zero attached hydrogens (tertiary/aromatic N) is 1. The molecule has 8 heteroatoms. The molecule has 160 valence electrons. The number of H-pyrrole nitrogens is 1. The van der Waals surface area contributed by atoms with E-state index in [1.54, 1.807) is 0 Å². The molecule has 1 aromatic heterocycles. The summed E-state index contributed by atoms with van der Waals surface area (Å²) in [5, 5.41) is 17.8. The van der Waals surface area contributed by atoms with E-state index in [4.69, 9.17) is 0 Å². The van der Waals surface area contributed by atoms with Crippen molar-refractivity contribution in [1.29, 1.82) is 5.26 Å². The van der Waals surface area contributed by atoms with Gasteiger partial charge in [-0.15, -0.1) is 0 Å². The second kappa shape index (κ2) is 8.90. The summed E-state index contributed by atoms with van der Waals surface area (Å²) in [5.41, 5.74) is 2.80. The van der Waals surface area contributed by atoms with Gasteiger partial charge in [0.1, 0.15) is 17.8 Å². The smallest absolute Gasteiger partial charge is 0.268 e. The van der Waals surface area contributed by atoms with Gasteiger partial charge in [-0.25, -0.2) is 0 Å². The van der Waals surface area contributed by atoms with Gasteiger partial charge in [-0.05, 0) is 62.5 Å². The average molecular weight is 412 g/mol. The molecule has 2 fully saturated rings. The number of aromatic nitrogens is 1. The van der Waals surface area contributed by atoms with Crippen LogP contribution in [-0.4, -0.2) is 41.3 Å². The minimum atomic E-state index is -0.747. The van der Waals surface area contributed by atoms with E-state index in [2.05, 4.69) is 27.0 Å². The fourth-order valence-corrected chi connectivity index (χ4v) is 4.45. The van der Waals surface area contributed by atoms with Crippen LogP contribution >= 0.6 is 0 Å². The number of rotatable bonds is 8. The van der Waals surface area contributed by atoms with Crippen LogP contribution in [-0.2, 0) is 22.4 Å². The van der Waals surface area contributed by atoms with Crippen molar-refractivity contribution in [3.8, 4) is 6.07 Å². The third kappa shape index (κ3) is 4.84. The number of carbonyl (C=O) groups excluding carboxylic acids is 3. The Balaban J connectivity index is 1.39. The summed E-state index contributed by atoms with van der Waals surface area (Å²) in [6.07, 6.45) is 7.83. The van der Waals surface area contributed by atoms with Gasteiger partial charge in [-0.1, -0.05) is 12.8 Å². The molecule has 1 saturated carbocycles. The van der Waals surface area contributed by atoms with Crippen LogP contribution in [0, 0.1) is 23.2 Å². The van der Waals surface area contributed by atoms with Crippen LogP contribution < -0.4 is 16.0 Å². The summed E-state index contributed by atoms with van der Waals surface area (Å²) in [6.45, 7) is 0.607. The highest BCUT2D eigenvalue weighted by Gasteiger charge is 2.33. The van der Waals surface area contributed by atoms with Crippen molar-refractivity contribution in [1.82, 2.24) is 20.9 Å². The maximum atomic E-state index is 12.9. The summed E-state index contributed by atoms with van der Waals surface area (Å²) in [7, 11) is 0. The van der Waals surface area contributed by atoms with E-state index < -0.39 is 12.1 Å². The lowest BCUT2D eigenvalue weighted by molar-refractivity contribution is -0.125. The van der Waals surface area contributed by atoms with Crippen LogP contribution in [0.2, 0.25) is 0 Å². The molecular formula is C22H29N5O3. The van der Waals surface area contributed by atoms with Crippen LogP contribution in [0.3, 0.4) is 0 Å². The van der Waals surface area contributed by atoms with E-state index in [9.17, 15) is 19.6 Å². The zero-order valence-electron chi connectivity index (χ0n) is 17.1. The van der Waals surface area contributed by atoms with Gasteiger partial charge in [-0.3, -0.25) is 14.4 Å². The predicted octanol–water partition coefficient (Wildman–Crippen LogP) is 1.33. The highest BCUT2D eigenvalue weighted by atomic mass is 16.2. The standard InChI is InChI=1S/C22H29N5O3/c23-12-16(10-15-7-8-24-20(15)28)25-21(29)18(9-13-5-6-13)27-22(30)19-11-14-3-1-2-4-17(14)26-19/h11,13,15-16,18,26H,1-10H2,(H,24,28)(H,25,29)(H,27,30). The first-order chi connectivity index (χ1) is 14.5. The van der Waals surface area contributed by atoms with Gasteiger partial charge >= 0.3 is 0 Å². The molecule has 0 radical (unpaired) electrons. The molecule has 1 aromatic rings. The maximum Gasteiger partial charge on any atom is 0.268 e. The monoisotopic (exact) mass is 411 g/mol. The topological polar surface area (TPSA) is 127 Å². The van der Waals surface area contributed by atoms with Crippen LogP contribution in [0.5, 0.6) is 0 Å². The lowest BCUT2D eigenvalue weighted by Gasteiger charge is -2.21. The summed E-state index contributed by atoms with van der Waals surface area (Å²) >= 11 is 0. The number of hydrogen-bond donors (Lipinski definition) is 4. The Morgan fingerprint density at radius 1 is 1.17 bits per heavy atom. The Morgan fingerprint density at radius 2 is 1.97 bits per heavy atom. The van der Waals surface area contributed by atoms with E-state index in [0.29, 0.717) is 37.4 Å². The first-order valence-electron chi connectivity index (χ1n) is 11.0. The van der Waals surface area contributed by atoms with Gasteiger partial charge in [0.25, 0.3) is 5.91 Å². The quantitative estimate of drug-likeness (QED) is 0.515. The van der Waals surface area contributed by atoms with Gasteiger partial charge in [-0.2, -0.15) is 5.26 Å². The molecule has 30 heavy (non-hydrogen) atoms. The molecule has 0 aromatic carbocycles. The molecule has 2 heterocycles. The molecule has 3 aliphatic rings. The summed E-state index contributed by atoms with van der Waals surface area (Å²) in [6, 6.07) is 2.56. The van der Waals surface area contributed by atoms with Gasteiger partial charge in [0.15, 0.2) is 0 Å². The van der Waals surface area contributed by atoms with E-state index in [-0.39, 0.29) is 23.6 Å². The fourth-order valence-electron chi connectivity index (χ4n) is 4.45. The van der Waals surface area contributed by atoms with E-state index in [1.165, 1.54) is 5.56 Å². The molecule has 1 saturated heterocycles. The summed E-state index contributed by atoms with van der Waals surface area (Å²) in [4.78, 5) is 40.7. The maximum absolute atomic E-state index is 12.9. The molecule has 3 amide bonds. The highest BCUT2D eigenvalue weighted by molar-refractivity contribution is 5.96. The van der Waals surface area contributed by atoms with E-state index in [1.807, 2.05) is 6.07 Å². The Kier molecular flexibility index (Phi) is 6.07. The van der Waals surface area contributed by atoms with Crippen molar-refractivity contribution in [2.75, 3.05) is 6.54 Å². The number of aromatic amines is 1. The Labute approximate surface area is 176 Å². The molecule has 4 rings (SSSR count). The zero-order valence-corrected chi connectivity index (χ0v) is 17.1. The van der Waals surface area contributed by atoms with Crippen molar-refractivity contribution >= 4 is 17.7 Å². The summed E-state index contributed by atoms with van der Waals surface area (Å²) in [5.74, 6) is -0.524. The number of carbonyl (C=O) groups is 3. The summed E-state index contributed by atoms with van der Waals surface area (Å²) < 4.78 is 0. The van der Waals surface area contributed by atoms with Crippen LogP contribution in [0.15, 0.2) is 6.07 Å². The molecule has 4 N–H and O–H groups in total. The molecule has 8 nitrogen and oxygen atoms in total. The highest BCUT2D eigenvalue weighted by Crippen LogP contribution is 2.33. The second-order valence-electron chi connectivity index (χ2n) is 8.80. The minimum Gasteiger partial charge on any atom is -0.356 e. The van der Waals surface area contributed by atoms with Crippen molar-refractivity contribution < 1.29 is 14.4 Å². The third-order valence-electron chi connectivity index (χ3n) is 6.40.